The van der Waals surface area contributed by atoms with E-state index in [1.165, 1.54) is 12.1 Å². The topological polar surface area (TPSA) is 135 Å². The molecule has 0 saturated heterocycles. The zero-order chi connectivity index (χ0) is 26.3. The van der Waals surface area contributed by atoms with Gasteiger partial charge in [-0.15, -0.1) is 0 Å². The van der Waals surface area contributed by atoms with Gasteiger partial charge < -0.3 is 20.8 Å². The molecule has 1 atom stereocenters. The van der Waals surface area contributed by atoms with Gasteiger partial charge in [-0.1, -0.05) is 23.7 Å². The van der Waals surface area contributed by atoms with E-state index in [2.05, 4.69) is 26.0 Å². The monoisotopic (exact) mass is 522 g/mol. The number of benzene rings is 2. The number of fused-ring (bicyclic) bond motifs is 1. The molecule has 5 rings (SSSR count). The molecule has 10 nitrogen and oxygen atoms in total. The first-order valence-corrected chi connectivity index (χ1v) is 11.8. The molecule has 0 bridgehead atoms. The Morgan fingerprint density at radius 3 is 2.84 bits per heavy atom. The molecule has 1 aliphatic heterocycles. The number of halogens is 2. The second kappa shape index (κ2) is 9.58. The van der Waals surface area contributed by atoms with Gasteiger partial charge in [-0.05, 0) is 37.6 Å². The van der Waals surface area contributed by atoms with Crippen molar-refractivity contribution in [3.8, 4) is 0 Å². The van der Waals surface area contributed by atoms with Gasteiger partial charge in [0.1, 0.15) is 23.1 Å². The Morgan fingerprint density at radius 1 is 1.30 bits per heavy atom. The number of oxazole rings is 1. The van der Waals surface area contributed by atoms with E-state index in [9.17, 15) is 9.18 Å². The molecule has 3 heterocycles. The number of guanidine groups is 1. The third-order valence-electron chi connectivity index (χ3n) is 5.92. The Morgan fingerprint density at radius 2 is 2.11 bits per heavy atom. The maximum absolute atomic E-state index is 13.8. The molecule has 0 aliphatic carbocycles. The summed E-state index contributed by atoms with van der Waals surface area (Å²) in [6, 6.07) is 7.60. The van der Waals surface area contributed by atoms with Gasteiger partial charge >= 0.3 is 6.01 Å². The quantitative estimate of drug-likeness (QED) is 0.291. The average Bonchev–Trinajstić information content (AvgIpc) is 3.45. The Bertz CT molecular complexity index is 1590. The molecule has 1 unspecified atom stereocenters. The molecule has 2 aromatic carbocycles. The minimum Gasteiger partial charge on any atom is -0.421 e. The normalized spacial score (nSPS) is 15.5. The van der Waals surface area contributed by atoms with Crippen LogP contribution >= 0.6 is 11.6 Å². The third kappa shape index (κ3) is 4.85. The molecule has 4 aromatic rings. The molecule has 0 saturated carbocycles. The highest BCUT2D eigenvalue weighted by atomic mass is 35.5. The molecule has 0 fully saturated rings. The highest BCUT2D eigenvalue weighted by molar-refractivity contribution is 6.31. The van der Waals surface area contributed by atoms with Gasteiger partial charge in [-0.2, -0.15) is 10.1 Å². The number of allylic oxidation sites excluding steroid dienone is 1. The molecule has 190 valence electrons. The van der Waals surface area contributed by atoms with Gasteiger partial charge in [0.05, 0.1) is 11.8 Å². The second-order valence-corrected chi connectivity index (χ2v) is 9.13. The number of rotatable bonds is 5. The number of carbonyl (C=O) groups is 1. The van der Waals surface area contributed by atoms with Crippen molar-refractivity contribution in [3.05, 3.63) is 81.5 Å². The van der Waals surface area contributed by atoms with Crippen LogP contribution in [0.1, 0.15) is 29.7 Å². The summed E-state index contributed by atoms with van der Waals surface area (Å²) in [5, 5.41) is 13.6. The number of hydrogen-bond acceptors (Lipinski definition) is 8. The molecular weight excluding hydrogens is 499 g/mol. The van der Waals surface area contributed by atoms with Gasteiger partial charge in [0.2, 0.25) is 5.96 Å². The predicted molar refractivity (Wildman–Crippen MR) is 139 cm³/mol. The number of nitrogens with one attached hydrogen (secondary N) is 3. The van der Waals surface area contributed by atoms with Gasteiger partial charge in [0, 0.05) is 41.6 Å². The maximum Gasteiger partial charge on any atom is 0.302 e. The minimum absolute atomic E-state index is 0.0598. The fourth-order valence-electron chi connectivity index (χ4n) is 4.10. The van der Waals surface area contributed by atoms with Crippen LogP contribution in [0.5, 0.6) is 0 Å². The van der Waals surface area contributed by atoms with E-state index < -0.39 is 11.9 Å². The number of aromatic nitrogens is 3. The third-order valence-corrected chi connectivity index (χ3v) is 6.24. The first-order valence-electron chi connectivity index (χ1n) is 11.4. The van der Waals surface area contributed by atoms with E-state index in [-0.39, 0.29) is 29.2 Å². The van der Waals surface area contributed by atoms with Crippen LogP contribution in [-0.2, 0) is 18.4 Å². The average molecular weight is 523 g/mol. The smallest absolute Gasteiger partial charge is 0.302 e. The lowest BCUT2D eigenvalue weighted by molar-refractivity contribution is -0.118. The van der Waals surface area contributed by atoms with Crippen molar-refractivity contribution in [1.82, 2.24) is 25.4 Å². The van der Waals surface area contributed by atoms with Crippen LogP contribution < -0.4 is 21.7 Å². The van der Waals surface area contributed by atoms with Crippen molar-refractivity contribution in [2.24, 2.45) is 12.0 Å². The fourth-order valence-corrected chi connectivity index (χ4v) is 4.44. The van der Waals surface area contributed by atoms with Gasteiger partial charge in [-0.3, -0.25) is 14.8 Å². The van der Waals surface area contributed by atoms with Crippen LogP contribution in [0.15, 0.2) is 63.4 Å². The molecule has 0 radical (unpaired) electrons. The Kier molecular flexibility index (Phi) is 6.30. The summed E-state index contributed by atoms with van der Waals surface area (Å²) in [6.07, 6.45) is 3.52. The van der Waals surface area contributed by atoms with E-state index >= 15 is 0 Å². The summed E-state index contributed by atoms with van der Waals surface area (Å²) in [5.74, 6) is -0.630. The SMILES string of the molecule is CC1=C(C(=O)NCc2cnn(C)c2)C(c2ccc(C)cc2Cl)N=C(Nc2nc3ccc(F)c(N)c3o2)N1. The Hall–Kier alpha value is -4.38. The van der Waals surface area contributed by atoms with E-state index in [1.54, 1.807) is 17.8 Å². The standard InChI is InChI=1S/C25H24ClFN8O2/c1-12-4-5-15(16(26)8-12)21-19(23(36)29-9-14-10-30-35(3)11-14)13(2)31-24(33-21)34-25-32-18-7-6-17(27)20(28)22(18)37-25/h4-8,10-11,21H,9,28H2,1-3H3,(H,29,36)(H2,31,32,33,34). The van der Waals surface area contributed by atoms with Gasteiger partial charge in [0.25, 0.3) is 5.91 Å². The molecule has 5 N–H and O–H groups in total. The van der Waals surface area contributed by atoms with Crippen molar-refractivity contribution in [3.63, 3.8) is 0 Å². The molecule has 1 amide bonds. The van der Waals surface area contributed by atoms with Gasteiger partial charge in [-0.25, -0.2) is 9.38 Å². The minimum atomic E-state index is -0.724. The number of nitrogen functional groups attached to an aromatic ring is 1. The zero-order valence-electron chi connectivity index (χ0n) is 20.3. The highest BCUT2D eigenvalue weighted by Crippen LogP contribution is 2.36. The summed E-state index contributed by atoms with van der Waals surface area (Å²) in [6.45, 7) is 4.00. The molecular formula is C25H24ClFN8O2. The summed E-state index contributed by atoms with van der Waals surface area (Å²) < 4.78 is 21.1. The lowest BCUT2D eigenvalue weighted by Crippen LogP contribution is -2.39. The van der Waals surface area contributed by atoms with Crippen molar-refractivity contribution in [1.29, 1.82) is 0 Å². The number of amides is 1. The Balaban J connectivity index is 1.47. The van der Waals surface area contributed by atoms with Gasteiger partial charge in [0.15, 0.2) is 5.58 Å². The molecule has 12 heteroatoms. The van der Waals surface area contributed by atoms with Crippen LogP contribution in [0.3, 0.4) is 0 Å². The van der Waals surface area contributed by atoms with Crippen LogP contribution in [0, 0.1) is 12.7 Å². The highest BCUT2D eigenvalue weighted by Gasteiger charge is 2.31. The number of hydrogen-bond donors (Lipinski definition) is 4. The number of carbonyl (C=O) groups excluding carboxylic acids is 1. The van der Waals surface area contributed by atoms with E-state index in [0.29, 0.717) is 33.9 Å². The van der Waals surface area contributed by atoms with E-state index in [4.69, 9.17) is 26.7 Å². The Labute approximate surface area is 216 Å². The number of nitrogens with zero attached hydrogens (tertiary/aromatic N) is 4. The fraction of sp³-hybridized carbons (Fsp3) is 0.200. The largest absolute Gasteiger partial charge is 0.421 e. The molecule has 1 aliphatic rings. The van der Waals surface area contributed by atoms with Crippen molar-refractivity contribution in [2.75, 3.05) is 11.1 Å². The van der Waals surface area contributed by atoms with Crippen molar-refractivity contribution in [2.45, 2.75) is 26.4 Å². The maximum atomic E-state index is 13.8. The second-order valence-electron chi connectivity index (χ2n) is 8.73. The van der Waals surface area contributed by atoms with Crippen molar-refractivity contribution < 1.29 is 13.6 Å². The first kappa shape index (κ1) is 24.3. The van der Waals surface area contributed by atoms with Crippen molar-refractivity contribution >= 4 is 46.3 Å². The van der Waals surface area contributed by atoms with E-state index in [0.717, 1.165) is 11.1 Å². The first-order chi connectivity index (χ1) is 17.7. The predicted octanol–water partition coefficient (Wildman–Crippen LogP) is 3.95. The van der Waals surface area contributed by atoms with E-state index in [1.807, 2.05) is 38.4 Å². The summed E-state index contributed by atoms with van der Waals surface area (Å²) >= 11 is 6.59. The number of nitrogens with two attached hydrogens (primary N) is 1. The lowest BCUT2D eigenvalue weighted by atomic mass is 9.95. The molecule has 0 spiro atoms. The molecule has 37 heavy (non-hydrogen) atoms. The molecule has 2 aromatic heterocycles. The number of aryl methyl sites for hydroxylation is 2. The summed E-state index contributed by atoms with van der Waals surface area (Å²) in [4.78, 5) is 22.4. The summed E-state index contributed by atoms with van der Waals surface area (Å²) in [7, 11) is 1.81. The zero-order valence-corrected chi connectivity index (χ0v) is 21.0. The number of anilines is 2. The van der Waals surface area contributed by atoms with Crippen LogP contribution in [0.25, 0.3) is 11.1 Å². The lowest BCUT2D eigenvalue weighted by Gasteiger charge is -2.27. The van der Waals surface area contributed by atoms with Crippen LogP contribution in [0.2, 0.25) is 5.02 Å². The van der Waals surface area contributed by atoms with Crippen LogP contribution in [-0.4, -0.2) is 26.6 Å². The summed E-state index contributed by atoms with van der Waals surface area (Å²) in [5.41, 5.74) is 9.62. The number of aliphatic imine (C=N–C) groups is 1. The van der Waals surface area contributed by atoms with Crippen LogP contribution in [0.4, 0.5) is 16.1 Å².